The molecule has 0 amide bonds. The second-order valence-corrected chi connectivity index (χ2v) is 13.1. The maximum Gasteiger partial charge on any atom is 0.153 e. The molecule has 46 heavy (non-hydrogen) atoms. The topological polar surface area (TPSA) is 13.1 Å². The van der Waals surface area contributed by atoms with E-state index in [1.165, 1.54) is 74.7 Å². The van der Waals surface area contributed by atoms with Gasteiger partial charge in [-0.2, -0.15) is 0 Å². The molecule has 214 valence electrons. The number of furan rings is 1. The molecule has 0 unspecified atom stereocenters. The average molecular weight is 603 g/mol. The van der Waals surface area contributed by atoms with Crippen molar-refractivity contribution in [1.82, 2.24) is 0 Å². The number of thiophene rings is 1. The van der Waals surface area contributed by atoms with Crippen LogP contribution < -0.4 is 0 Å². The molecular weight excluding hydrogens is 577 g/mol. The minimum Gasteiger partial charge on any atom is -0.455 e. The summed E-state index contributed by atoms with van der Waals surface area (Å²) in [6.07, 6.45) is 0. The van der Waals surface area contributed by atoms with Crippen LogP contribution in [-0.2, 0) is 0 Å². The van der Waals surface area contributed by atoms with E-state index in [2.05, 4.69) is 158 Å². The number of rotatable bonds is 3. The lowest BCUT2D eigenvalue weighted by Gasteiger charge is -2.18. The van der Waals surface area contributed by atoms with Gasteiger partial charge in [-0.3, -0.25) is 0 Å². The van der Waals surface area contributed by atoms with Crippen molar-refractivity contribution in [3.05, 3.63) is 158 Å². The fourth-order valence-electron chi connectivity index (χ4n) is 7.39. The van der Waals surface area contributed by atoms with Crippen LogP contribution in [0.3, 0.4) is 0 Å². The molecule has 2 aromatic heterocycles. The van der Waals surface area contributed by atoms with Crippen molar-refractivity contribution < 1.29 is 4.42 Å². The average Bonchev–Trinajstić information content (AvgIpc) is 3.73. The highest BCUT2D eigenvalue weighted by atomic mass is 32.1. The summed E-state index contributed by atoms with van der Waals surface area (Å²) in [4.78, 5) is 0. The standard InChI is InChI=1S/C44H26OS/c1-2-13-28(14-3-1)39-26-37-36(25-38-31-16-10-11-21-40(31)46-44(38)43(37)45-39)42-34-19-8-6-17-32(34)41(33-18-7-9-20-35(33)42)30-23-22-27-12-4-5-15-29(27)24-30/h1-26H. The lowest BCUT2D eigenvalue weighted by molar-refractivity contribution is 0.635. The van der Waals surface area contributed by atoms with E-state index in [1.807, 2.05) is 11.3 Å². The molecule has 0 spiro atoms. The quantitative estimate of drug-likeness (QED) is 0.183. The van der Waals surface area contributed by atoms with Gasteiger partial charge in [-0.25, -0.2) is 0 Å². The molecule has 0 bridgehead atoms. The first-order valence-corrected chi connectivity index (χ1v) is 16.5. The van der Waals surface area contributed by atoms with Gasteiger partial charge in [0.15, 0.2) is 5.58 Å². The zero-order valence-corrected chi connectivity index (χ0v) is 25.6. The molecule has 0 saturated heterocycles. The van der Waals surface area contributed by atoms with Crippen molar-refractivity contribution in [3.8, 4) is 33.6 Å². The lowest BCUT2D eigenvalue weighted by atomic mass is 9.84. The van der Waals surface area contributed by atoms with Crippen LogP contribution in [0.25, 0.3) is 97.0 Å². The molecular formula is C44H26OS. The Hall–Kier alpha value is -5.70. The van der Waals surface area contributed by atoms with E-state index in [-0.39, 0.29) is 0 Å². The van der Waals surface area contributed by atoms with Crippen molar-refractivity contribution in [2.45, 2.75) is 0 Å². The van der Waals surface area contributed by atoms with Crippen LogP contribution in [0, 0.1) is 0 Å². The van der Waals surface area contributed by atoms with Crippen molar-refractivity contribution in [1.29, 1.82) is 0 Å². The van der Waals surface area contributed by atoms with Gasteiger partial charge in [0.1, 0.15) is 5.76 Å². The van der Waals surface area contributed by atoms with Crippen LogP contribution >= 0.6 is 11.3 Å². The molecule has 0 aliphatic heterocycles. The number of hydrogen-bond donors (Lipinski definition) is 0. The Bertz CT molecular complexity index is 2740. The summed E-state index contributed by atoms with van der Waals surface area (Å²) in [5.41, 5.74) is 7.00. The highest BCUT2D eigenvalue weighted by Crippen LogP contribution is 2.50. The van der Waals surface area contributed by atoms with Crippen molar-refractivity contribution in [2.24, 2.45) is 0 Å². The van der Waals surface area contributed by atoms with Gasteiger partial charge in [-0.15, -0.1) is 11.3 Å². The highest BCUT2D eigenvalue weighted by Gasteiger charge is 2.22. The molecule has 2 heteroatoms. The number of hydrogen-bond acceptors (Lipinski definition) is 2. The summed E-state index contributed by atoms with van der Waals surface area (Å²) in [5.74, 6) is 0.892. The molecule has 10 rings (SSSR count). The van der Waals surface area contributed by atoms with E-state index in [9.17, 15) is 0 Å². The Morgan fingerprint density at radius 3 is 1.74 bits per heavy atom. The lowest BCUT2D eigenvalue weighted by Crippen LogP contribution is -1.91. The van der Waals surface area contributed by atoms with Gasteiger partial charge in [0.05, 0.1) is 4.70 Å². The van der Waals surface area contributed by atoms with E-state index in [0.717, 1.165) is 22.3 Å². The highest BCUT2D eigenvalue weighted by molar-refractivity contribution is 7.26. The summed E-state index contributed by atoms with van der Waals surface area (Å²) >= 11 is 1.82. The molecule has 0 saturated carbocycles. The van der Waals surface area contributed by atoms with Gasteiger partial charge in [0.25, 0.3) is 0 Å². The SMILES string of the molecule is c1ccc(-c2cc3c(-c4c5ccccc5c(-c5ccc6ccccc6c5)c5ccccc45)cc4c5ccccc5sc4c3o2)cc1. The second-order valence-electron chi connectivity index (χ2n) is 12.0. The van der Waals surface area contributed by atoms with E-state index in [1.54, 1.807) is 0 Å². The van der Waals surface area contributed by atoms with Gasteiger partial charge in [-0.1, -0.05) is 133 Å². The predicted octanol–water partition coefficient (Wildman–Crippen LogP) is 13.3. The monoisotopic (exact) mass is 602 g/mol. The maximum atomic E-state index is 6.83. The number of benzene rings is 8. The molecule has 8 aromatic carbocycles. The molecule has 0 fully saturated rings. The number of fused-ring (bicyclic) bond motifs is 8. The molecule has 2 heterocycles. The summed E-state index contributed by atoms with van der Waals surface area (Å²) in [6, 6.07) is 57.2. The Morgan fingerprint density at radius 2 is 1.00 bits per heavy atom. The minimum absolute atomic E-state index is 0.892. The van der Waals surface area contributed by atoms with E-state index >= 15 is 0 Å². The molecule has 0 aliphatic carbocycles. The normalized spacial score (nSPS) is 11.9. The van der Waals surface area contributed by atoms with Gasteiger partial charge in [0.2, 0.25) is 0 Å². The molecule has 0 N–H and O–H groups in total. The molecule has 10 aromatic rings. The van der Waals surface area contributed by atoms with E-state index in [0.29, 0.717) is 0 Å². The first kappa shape index (κ1) is 25.6. The second kappa shape index (κ2) is 9.90. The third-order valence-corrected chi connectivity index (χ3v) is 10.6. The smallest absolute Gasteiger partial charge is 0.153 e. The largest absolute Gasteiger partial charge is 0.455 e. The first-order valence-electron chi connectivity index (χ1n) is 15.7. The van der Waals surface area contributed by atoms with E-state index in [4.69, 9.17) is 4.42 Å². The molecule has 0 atom stereocenters. The third-order valence-electron chi connectivity index (χ3n) is 9.45. The fraction of sp³-hybridized carbons (Fsp3) is 0. The van der Waals surface area contributed by atoms with Gasteiger partial charge in [-0.05, 0) is 78.8 Å². The Balaban J connectivity index is 1.37. The molecule has 1 nitrogen and oxygen atoms in total. The summed E-state index contributed by atoms with van der Waals surface area (Å²) in [7, 11) is 0. The van der Waals surface area contributed by atoms with Crippen LogP contribution in [-0.4, -0.2) is 0 Å². The Morgan fingerprint density at radius 1 is 0.391 bits per heavy atom. The molecule has 0 radical (unpaired) electrons. The first-order chi connectivity index (χ1) is 22.8. The zero-order valence-electron chi connectivity index (χ0n) is 24.8. The maximum absolute atomic E-state index is 6.83. The third kappa shape index (κ3) is 3.74. The van der Waals surface area contributed by atoms with Crippen LogP contribution in [0.5, 0.6) is 0 Å². The molecule has 0 aliphatic rings. The summed E-state index contributed by atoms with van der Waals surface area (Å²) in [5, 5.41) is 11.1. The van der Waals surface area contributed by atoms with Crippen molar-refractivity contribution in [2.75, 3.05) is 0 Å². The summed E-state index contributed by atoms with van der Waals surface area (Å²) < 4.78 is 9.30. The van der Waals surface area contributed by atoms with Gasteiger partial charge < -0.3 is 4.42 Å². The van der Waals surface area contributed by atoms with Crippen molar-refractivity contribution in [3.63, 3.8) is 0 Å². The Labute approximate surface area is 269 Å². The van der Waals surface area contributed by atoms with Crippen LogP contribution in [0.2, 0.25) is 0 Å². The van der Waals surface area contributed by atoms with Gasteiger partial charge in [0, 0.05) is 26.4 Å². The Kier molecular flexibility index (Phi) is 5.51. The van der Waals surface area contributed by atoms with E-state index < -0.39 is 0 Å². The van der Waals surface area contributed by atoms with Crippen LogP contribution in [0.15, 0.2) is 162 Å². The zero-order chi connectivity index (χ0) is 30.2. The fourth-order valence-corrected chi connectivity index (χ4v) is 8.56. The van der Waals surface area contributed by atoms with Crippen molar-refractivity contribution >= 4 is 74.8 Å². The predicted molar refractivity (Wildman–Crippen MR) is 198 cm³/mol. The van der Waals surface area contributed by atoms with Crippen LogP contribution in [0.1, 0.15) is 0 Å². The minimum atomic E-state index is 0.892. The summed E-state index contributed by atoms with van der Waals surface area (Å²) in [6.45, 7) is 0. The van der Waals surface area contributed by atoms with Gasteiger partial charge >= 0.3 is 0 Å². The van der Waals surface area contributed by atoms with Crippen LogP contribution in [0.4, 0.5) is 0 Å².